The van der Waals surface area contributed by atoms with Crippen molar-refractivity contribution in [1.82, 2.24) is 0 Å². The lowest BCUT2D eigenvalue weighted by Crippen LogP contribution is -2.35. The first kappa shape index (κ1) is 14.9. The minimum Gasteiger partial charge on any atom is -0.496 e. The van der Waals surface area contributed by atoms with E-state index < -0.39 is 23.5 Å². The normalized spacial score (nSPS) is 16.5. The van der Waals surface area contributed by atoms with Gasteiger partial charge in [0.1, 0.15) is 11.6 Å². The largest absolute Gasteiger partial charge is 0.496 e. The number of hydrogen-bond donors (Lipinski definition) is 1. The highest BCUT2D eigenvalue weighted by Crippen LogP contribution is 2.34. The quantitative estimate of drug-likeness (QED) is 0.884. The zero-order valence-electron chi connectivity index (χ0n) is 12.1. The topological polar surface area (TPSA) is 76.0 Å². The monoisotopic (exact) mass is 313 g/mol. The predicted molar refractivity (Wildman–Crippen MR) is 81.0 cm³/mol. The molecular weight excluding hydrogens is 301 g/mol. The molecule has 116 valence electrons. The molecule has 0 fully saturated rings. The van der Waals surface area contributed by atoms with E-state index in [1.165, 1.54) is 19.2 Å². The van der Waals surface area contributed by atoms with Crippen molar-refractivity contribution in [2.75, 3.05) is 7.11 Å². The Morgan fingerprint density at radius 2 is 1.96 bits per heavy atom. The summed E-state index contributed by atoms with van der Waals surface area (Å²) in [5.74, 6) is -3.73. The molecule has 1 heterocycles. The fourth-order valence-electron chi connectivity index (χ4n) is 2.58. The summed E-state index contributed by atoms with van der Waals surface area (Å²) < 4.78 is 18.6. The van der Waals surface area contributed by atoms with E-state index in [0.29, 0.717) is 11.3 Å². The van der Waals surface area contributed by atoms with Gasteiger partial charge in [-0.15, -0.1) is 0 Å². The molecule has 6 heteroatoms. The highest BCUT2D eigenvalue weighted by atomic mass is 19.1. The van der Waals surface area contributed by atoms with E-state index in [1.54, 1.807) is 24.3 Å². The number of halogens is 1. The molecule has 23 heavy (non-hydrogen) atoms. The lowest BCUT2D eigenvalue weighted by Gasteiger charge is -2.22. The highest BCUT2D eigenvalue weighted by Gasteiger charge is 2.38. The van der Waals surface area contributed by atoms with Crippen LogP contribution in [-0.4, -0.2) is 29.7 Å². The van der Waals surface area contributed by atoms with Crippen LogP contribution in [0.4, 0.5) is 10.1 Å². The van der Waals surface area contributed by atoms with Crippen LogP contribution in [0.1, 0.15) is 15.9 Å². The standard InChI is InChI=1S/C17H12FNO4/c1-23-13-5-3-2-4-10(13)15-14(17(21)22)16(20)11-8-9(18)6-7-12(11)19-15/h2-8,14H,1H3,(H,21,22). The van der Waals surface area contributed by atoms with Crippen LogP contribution in [-0.2, 0) is 4.79 Å². The highest BCUT2D eigenvalue weighted by molar-refractivity contribution is 6.32. The summed E-state index contributed by atoms with van der Waals surface area (Å²) in [6.45, 7) is 0. The fraction of sp³-hybridized carbons (Fsp3) is 0.118. The summed E-state index contributed by atoms with van der Waals surface area (Å²) in [6.07, 6.45) is 0. The number of Topliss-reactive ketones (excluding diaryl/α,β-unsaturated/α-hetero) is 1. The van der Waals surface area contributed by atoms with Crippen molar-refractivity contribution in [3.05, 3.63) is 59.4 Å². The summed E-state index contributed by atoms with van der Waals surface area (Å²) >= 11 is 0. The first-order chi connectivity index (χ1) is 11.0. The number of carboxylic acid groups (broad SMARTS) is 1. The molecule has 2 aromatic carbocycles. The van der Waals surface area contributed by atoms with E-state index in [-0.39, 0.29) is 17.0 Å². The van der Waals surface area contributed by atoms with Crippen molar-refractivity contribution in [1.29, 1.82) is 0 Å². The number of fused-ring (bicyclic) bond motifs is 1. The average molecular weight is 313 g/mol. The molecule has 0 bridgehead atoms. The van der Waals surface area contributed by atoms with Crippen LogP contribution in [0.25, 0.3) is 0 Å². The minimum atomic E-state index is -1.50. The van der Waals surface area contributed by atoms with Gasteiger partial charge in [-0.1, -0.05) is 12.1 Å². The van der Waals surface area contributed by atoms with Gasteiger partial charge in [-0.25, -0.2) is 4.39 Å². The third-order valence-corrected chi connectivity index (χ3v) is 3.63. The molecule has 0 saturated carbocycles. The van der Waals surface area contributed by atoms with Gasteiger partial charge in [0.05, 0.1) is 18.5 Å². The van der Waals surface area contributed by atoms with Gasteiger partial charge in [-0.05, 0) is 30.3 Å². The number of para-hydroxylation sites is 1. The Balaban J connectivity index is 2.26. The molecule has 3 rings (SSSR count). The number of aliphatic carboxylic acids is 1. The van der Waals surface area contributed by atoms with Crippen LogP contribution in [0, 0.1) is 11.7 Å². The fourth-order valence-corrected chi connectivity index (χ4v) is 2.58. The van der Waals surface area contributed by atoms with E-state index in [0.717, 1.165) is 6.07 Å². The number of carbonyl (C=O) groups excluding carboxylic acids is 1. The maximum Gasteiger partial charge on any atom is 0.320 e. The van der Waals surface area contributed by atoms with Gasteiger partial charge in [0.2, 0.25) is 0 Å². The van der Waals surface area contributed by atoms with Gasteiger partial charge in [0.15, 0.2) is 11.7 Å². The Kier molecular flexibility index (Phi) is 3.65. The molecule has 0 amide bonds. The molecule has 1 aliphatic rings. The summed E-state index contributed by atoms with van der Waals surface area (Å²) in [4.78, 5) is 28.4. The van der Waals surface area contributed by atoms with Crippen molar-refractivity contribution < 1.29 is 23.8 Å². The number of methoxy groups -OCH3 is 1. The van der Waals surface area contributed by atoms with Gasteiger partial charge in [0.25, 0.3) is 0 Å². The van der Waals surface area contributed by atoms with Crippen LogP contribution in [0.2, 0.25) is 0 Å². The molecule has 0 aromatic heterocycles. The SMILES string of the molecule is COc1ccccc1C1=Nc2ccc(F)cc2C(=O)C1C(=O)O. The van der Waals surface area contributed by atoms with Gasteiger partial charge in [0, 0.05) is 11.1 Å². The second-order valence-electron chi connectivity index (χ2n) is 4.99. The Hall–Kier alpha value is -3.02. The number of ketones is 1. The Morgan fingerprint density at radius 3 is 2.65 bits per heavy atom. The molecule has 5 nitrogen and oxygen atoms in total. The number of rotatable bonds is 3. The van der Waals surface area contributed by atoms with Crippen molar-refractivity contribution in [2.45, 2.75) is 0 Å². The predicted octanol–water partition coefficient (Wildman–Crippen LogP) is 2.85. The number of aliphatic imine (C=N–C) groups is 1. The van der Waals surface area contributed by atoms with E-state index in [4.69, 9.17) is 4.74 Å². The van der Waals surface area contributed by atoms with Crippen LogP contribution >= 0.6 is 0 Å². The van der Waals surface area contributed by atoms with E-state index >= 15 is 0 Å². The Bertz CT molecular complexity index is 844. The molecule has 1 unspecified atom stereocenters. The number of hydrogen-bond acceptors (Lipinski definition) is 4. The van der Waals surface area contributed by atoms with Crippen molar-refractivity contribution in [2.24, 2.45) is 10.9 Å². The lowest BCUT2D eigenvalue weighted by atomic mass is 9.85. The van der Waals surface area contributed by atoms with Gasteiger partial charge >= 0.3 is 5.97 Å². The first-order valence-corrected chi connectivity index (χ1v) is 6.81. The summed E-state index contributed by atoms with van der Waals surface area (Å²) in [5.41, 5.74) is 0.718. The number of nitrogens with zero attached hydrogens (tertiary/aromatic N) is 1. The minimum absolute atomic E-state index is 0.0314. The number of benzene rings is 2. The molecular formula is C17H12FNO4. The summed E-state index contributed by atoms with van der Waals surface area (Å²) in [6, 6.07) is 10.3. The second kappa shape index (κ2) is 5.64. The lowest BCUT2D eigenvalue weighted by molar-refractivity contribution is -0.137. The Labute approximate surface area is 131 Å². The van der Waals surface area contributed by atoms with Gasteiger partial charge < -0.3 is 9.84 Å². The number of ether oxygens (including phenoxy) is 1. The van der Waals surface area contributed by atoms with Crippen LogP contribution in [0.3, 0.4) is 0 Å². The molecule has 0 saturated heterocycles. The van der Waals surface area contributed by atoms with Crippen molar-refractivity contribution in [3.63, 3.8) is 0 Å². The smallest absolute Gasteiger partial charge is 0.320 e. The Morgan fingerprint density at radius 1 is 1.22 bits per heavy atom. The van der Waals surface area contributed by atoms with Crippen LogP contribution in [0.15, 0.2) is 47.5 Å². The first-order valence-electron chi connectivity index (χ1n) is 6.81. The number of carbonyl (C=O) groups is 2. The number of carboxylic acids is 1. The second-order valence-corrected chi connectivity index (χ2v) is 4.99. The summed E-state index contributed by atoms with van der Waals surface area (Å²) in [7, 11) is 1.45. The molecule has 0 radical (unpaired) electrons. The third kappa shape index (κ3) is 2.48. The molecule has 1 atom stereocenters. The average Bonchev–Trinajstić information content (AvgIpc) is 2.54. The van der Waals surface area contributed by atoms with Crippen molar-refractivity contribution in [3.8, 4) is 5.75 Å². The zero-order chi connectivity index (χ0) is 16.6. The van der Waals surface area contributed by atoms with E-state index in [9.17, 15) is 19.1 Å². The summed E-state index contributed by atoms with van der Waals surface area (Å²) in [5, 5.41) is 9.46. The van der Waals surface area contributed by atoms with Crippen molar-refractivity contribution >= 4 is 23.2 Å². The van der Waals surface area contributed by atoms with Crippen LogP contribution < -0.4 is 4.74 Å². The maximum absolute atomic E-state index is 13.4. The molecule has 1 aliphatic heterocycles. The maximum atomic E-state index is 13.4. The molecule has 0 aliphatic carbocycles. The zero-order valence-corrected chi connectivity index (χ0v) is 12.1. The van der Waals surface area contributed by atoms with E-state index in [1.807, 2.05) is 0 Å². The third-order valence-electron chi connectivity index (χ3n) is 3.63. The van der Waals surface area contributed by atoms with Gasteiger partial charge in [-0.3, -0.25) is 14.6 Å². The molecule has 2 aromatic rings. The molecule has 0 spiro atoms. The van der Waals surface area contributed by atoms with Crippen LogP contribution in [0.5, 0.6) is 5.75 Å². The van der Waals surface area contributed by atoms with Gasteiger partial charge in [-0.2, -0.15) is 0 Å². The molecule has 1 N–H and O–H groups in total. The van der Waals surface area contributed by atoms with E-state index in [2.05, 4.69) is 4.99 Å².